The first-order valence-corrected chi connectivity index (χ1v) is 6.25. The third-order valence-electron chi connectivity index (χ3n) is 3.17. The molecule has 0 unspecified atom stereocenters. The van der Waals surface area contributed by atoms with E-state index in [-0.39, 0.29) is 0 Å². The minimum absolute atomic E-state index is 0.897. The number of hydrogen-bond donors (Lipinski definition) is 0. The van der Waals surface area contributed by atoms with E-state index < -0.39 is 0 Å². The summed E-state index contributed by atoms with van der Waals surface area (Å²) in [6.45, 7) is 0. The summed E-state index contributed by atoms with van der Waals surface area (Å²) in [6.07, 6.45) is 4.18. The predicted molar refractivity (Wildman–Crippen MR) is 77.8 cm³/mol. The number of rotatable bonds is 3. The summed E-state index contributed by atoms with van der Waals surface area (Å²) in [6, 6.07) is 20.4. The molecule has 1 heterocycles. The minimum atomic E-state index is 0.897. The lowest BCUT2D eigenvalue weighted by Gasteiger charge is -2.06. The van der Waals surface area contributed by atoms with Crippen molar-refractivity contribution in [2.45, 2.75) is 0 Å². The van der Waals surface area contributed by atoms with Crippen LogP contribution in [0.3, 0.4) is 0 Å². The van der Waals surface area contributed by atoms with Gasteiger partial charge in [0.25, 0.3) is 0 Å². The van der Waals surface area contributed by atoms with Crippen molar-refractivity contribution in [3.05, 3.63) is 73.1 Å². The molecule has 3 rings (SSSR count). The highest BCUT2D eigenvalue weighted by atomic mass is 16.5. The Morgan fingerprint density at radius 1 is 0.842 bits per heavy atom. The zero-order valence-electron chi connectivity index (χ0n) is 10.8. The van der Waals surface area contributed by atoms with Crippen LogP contribution < -0.4 is 4.74 Å². The van der Waals surface area contributed by atoms with Gasteiger partial charge in [0.15, 0.2) is 0 Å². The number of benzene rings is 2. The highest BCUT2D eigenvalue weighted by Crippen LogP contribution is 2.30. The van der Waals surface area contributed by atoms with Gasteiger partial charge in [0.05, 0.1) is 7.11 Å². The van der Waals surface area contributed by atoms with Crippen molar-refractivity contribution >= 4 is 0 Å². The summed E-state index contributed by atoms with van der Waals surface area (Å²) in [4.78, 5) is 0. The van der Waals surface area contributed by atoms with Gasteiger partial charge in [-0.2, -0.15) is 0 Å². The Bertz CT molecular complexity index is 670. The van der Waals surface area contributed by atoms with Gasteiger partial charge in [-0.25, -0.2) is 0 Å². The molecular weight excluding hydrogens is 234 g/mol. The number of methoxy groups -OCH3 is 1. The first-order chi connectivity index (χ1) is 9.38. The van der Waals surface area contributed by atoms with Gasteiger partial charge in [0.1, 0.15) is 5.75 Å². The number of hydrogen-bond acceptors (Lipinski definition) is 1. The molecule has 0 bridgehead atoms. The van der Waals surface area contributed by atoms with Crippen LogP contribution in [0.1, 0.15) is 0 Å². The molecule has 0 aliphatic rings. The smallest absolute Gasteiger partial charge is 0.126 e. The Kier molecular flexibility index (Phi) is 3.07. The molecule has 0 atom stereocenters. The van der Waals surface area contributed by atoms with Gasteiger partial charge in [-0.3, -0.25) is 0 Å². The van der Waals surface area contributed by atoms with E-state index in [2.05, 4.69) is 41.2 Å². The monoisotopic (exact) mass is 249 g/mol. The standard InChI is InChI=1S/C17H15NO/c1-19-17-10-6-5-9-16(17)14-11-12-18(13-14)15-7-3-2-4-8-15/h2-13H,1H3. The van der Waals surface area contributed by atoms with E-state index >= 15 is 0 Å². The van der Waals surface area contributed by atoms with Crippen LogP contribution in [0, 0.1) is 0 Å². The second-order valence-corrected chi connectivity index (χ2v) is 4.34. The lowest BCUT2D eigenvalue weighted by Crippen LogP contribution is -1.89. The normalized spacial score (nSPS) is 10.4. The number of ether oxygens (including phenoxy) is 1. The van der Waals surface area contributed by atoms with Gasteiger partial charge in [-0.05, 0) is 24.3 Å². The molecule has 0 N–H and O–H groups in total. The Morgan fingerprint density at radius 2 is 1.58 bits per heavy atom. The van der Waals surface area contributed by atoms with E-state index in [1.165, 1.54) is 0 Å². The van der Waals surface area contributed by atoms with Crippen LogP contribution >= 0.6 is 0 Å². The summed E-state index contributed by atoms with van der Waals surface area (Å²) in [5.74, 6) is 0.897. The molecule has 0 saturated heterocycles. The lowest BCUT2D eigenvalue weighted by molar-refractivity contribution is 0.416. The van der Waals surface area contributed by atoms with Crippen LogP contribution in [0.4, 0.5) is 0 Å². The summed E-state index contributed by atoms with van der Waals surface area (Å²) < 4.78 is 7.52. The van der Waals surface area contributed by atoms with Crippen LogP contribution in [0.25, 0.3) is 16.8 Å². The third kappa shape index (κ3) is 2.25. The number of aromatic nitrogens is 1. The predicted octanol–water partition coefficient (Wildman–Crippen LogP) is 4.15. The molecule has 0 spiro atoms. The second kappa shape index (κ2) is 5.02. The summed E-state index contributed by atoms with van der Waals surface area (Å²) in [7, 11) is 1.70. The lowest BCUT2D eigenvalue weighted by atomic mass is 10.1. The summed E-state index contributed by atoms with van der Waals surface area (Å²) >= 11 is 0. The topological polar surface area (TPSA) is 14.2 Å². The molecule has 2 nitrogen and oxygen atoms in total. The van der Waals surface area contributed by atoms with Crippen molar-refractivity contribution in [1.82, 2.24) is 4.57 Å². The van der Waals surface area contributed by atoms with Gasteiger partial charge in [0, 0.05) is 29.2 Å². The zero-order valence-corrected chi connectivity index (χ0v) is 10.8. The van der Waals surface area contributed by atoms with E-state index in [9.17, 15) is 0 Å². The highest BCUT2D eigenvalue weighted by Gasteiger charge is 2.06. The van der Waals surface area contributed by atoms with Crippen molar-refractivity contribution in [1.29, 1.82) is 0 Å². The molecule has 2 heteroatoms. The fourth-order valence-corrected chi connectivity index (χ4v) is 2.20. The molecule has 0 aliphatic heterocycles. The SMILES string of the molecule is COc1ccccc1-c1ccn(-c2ccccc2)c1. The van der Waals surface area contributed by atoms with Crippen LogP contribution in [0.5, 0.6) is 5.75 Å². The van der Waals surface area contributed by atoms with Gasteiger partial charge >= 0.3 is 0 Å². The number of nitrogens with zero attached hydrogens (tertiary/aromatic N) is 1. The van der Waals surface area contributed by atoms with Crippen LogP contribution in [-0.2, 0) is 0 Å². The van der Waals surface area contributed by atoms with Gasteiger partial charge in [0.2, 0.25) is 0 Å². The van der Waals surface area contributed by atoms with E-state index in [4.69, 9.17) is 4.74 Å². The van der Waals surface area contributed by atoms with E-state index in [0.29, 0.717) is 0 Å². The first kappa shape index (κ1) is 11.6. The molecule has 0 aliphatic carbocycles. The van der Waals surface area contributed by atoms with E-state index in [0.717, 1.165) is 22.6 Å². The Hall–Kier alpha value is -2.48. The van der Waals surface area contributed by atoms with E-state index in [1.807, 2.05) is 36.4 Å². The molecular formula is C17H15NO. The fraction of sp³-hybridized carbons (Fsp3) is 0.0588. The molecule has 0 saturated carbocycles. The maximum absolute atomic E-state index is 5.41. The molecule has 0 fully saturated rings. The second-order valence-electron chi connectivity index (χ2n) is 4.34. The first-order valence-electron chi connectivity index (χ1n) is 6.25. The van der Waals surface area contributed by atoms with Crippen molar-refractivity contribution in [3.8, 4) is 22.6 Å². The average Bonchev–Trinajstić information content (AvgIpc) is 2.98. The molecule has 1 aromatic heterocycles. The molecule has 3 aromatic rings. The Labute approximate surface area is 112 Å². The molecule has 0 amide bonds. The maximum Gasteiger partial charge on any atom is 0.126 e. The van der Waals surface area contributed by atoms with Crippen molar-refractivity contribution in [2.24, 2.45) is 0 Å². The summed E-state index contributed by atoms with van der Waals surface area (Å²) in [5.41, 5.74) is 3.42. The highest BCUT2D eigenvalue weighted by molar-refractivity contribution is 5.70. The van der Waals surface area contributed by atoms with E-state index in [1.54, 1.807) is 7.11 Å². The van der Waals surface area contributed by atoms with Crippen LogP contribution in [0.2, 0.25) is 0 Å². The van der Waals surface area contributed by atoms with Crippen LogP contribution in [0.15, 0.2) is 73.1 Å². The number of para-hydroxylation sites is 2. The Balaban J connectivity index is 2.02. The largest absolute Gasteiger partial charge is 0.496 e. The molecule has 0 radical (unpaired) electrons. The Morgan fingerprint density at radius 3 is 2.37 bits per heavy atom. The molecule has 2 aromatic carbocycles. The minimum Gasteiger partial charge on any atom is -0.496 e. The molecule has 94 valence electrons. The van der Waals surface area contributed by atoms with Crippen LogP contribution in [-0.4, -0.2) is 11.7 Å². The van der Waals surface area contributed by atoms with Gasteiger partial charge in [-0.15, -0.1) is 0 Å². The summed E-state index contributed by atoms with van der Waals surface area (Å²) in [5, 5.41) is 0. The molecule has 19 heavy (non-hydrogen) atoms. The quantitative estimate of drug-likeness (QED) is 0.680. The maximum atomic E-state index is 5.41. The zero-order chi connectivity index (χ0) is 13.1. The van der Waals surface area contributed by atoms with Crippen molar-refractivity contribution in [2.75, 3.05) is 7.11 Å². The van der Waals surface area contributed by atoms with Crippen molar-refractivity contribution < 1.29 is 4.74 Å². The van der Waals surface area contributed by atoms with Crippen molar-refractivity contribution in [3.63, 3.8) is 0 Å². The van der Waals surface area contributed by atoms with Gasteiger partial charge < -0.3 is 9.30 Å². The fourth-order valence-electron chi connectivity index (χ4n) is 2.20. The average molecular weight is 249 g/mol. The van der Waals surface area contributed by atoms with Gasteiger partial charge in [-0.1, -0.05) is 36.4 Å². The third-order valence-corrected chi connectivity index (χ3v) is 3.17.